The zero-order chi connectivity index (χ0) is 16.8. The van der Waals surface area contributed by atoms with Crippen LogP contribution in [0.4, 0.5) is 0 Å². The molecule has 0 aromatic heterocycles. The van der Waals surface area contributed by atoms with Gasteiger partial charge in [-0.2, -0.15) is 0 Å². The van der Waals surface area contributed by atoms with E-state index in [0.29, 0.717) is 21.4 Å². The first-order valence-corrected chi connectivity index (χ1v) is 7.82. The molecule has 0 radical (unpaired) electrons. The van der Waals surface area contributed by atoms with Crippen molar-refractivity contribution in [1.82, 2.24) is 5.32 Å². The van der Waals surface area contributed by atoms with E-state index in [4.69, 9.17) is 27.9 Å². The topological polar surface area (TPSA) is 58.6 Å². The molecular weight excluding hydrogens is 337 g/mol. The normalized spacial score (nSPS) is 11.8. The number of carbonyl (C=O) groups is 1. The van der Waals surface area contributed by atoms with Gasteiger partial charge in [-0.05, 0) is 36.8 Å². The Hall–Kier alpha value is -1.75. The summed E-state index contributed by atoms with van der Waals surface area (Å²) in [6.07, 6.45) is -0.818. The van der Waals surface area contributed by atoms with Crippen molar-refractivity contribution in [1.29, 1.82) is 0 Å². The lowest BCUT2D eigenvalue weighted by Gasteiger charge is -2.14. The van der Waals surface area contributed by atoms with Gasteiger partial charge >= 0.3 is 0 Å². The molecule has 0 aliphatic carbocycles. The fourth-order valence-electron chi connectivity index (χ4n) is 1.91. The predicted molar refractivity (Wildman–Crippen MR) is 91.5 cm³/mol. The zero-order valence-electron chi connectivity index (χ0n) is 12.6. The number of aryl methyl sites for hydroxylation is 1. The SMILES string of the molecule is Cc1ccccc1OCC(O)CNC(=O)c1ccc(Cl)c(Cl)c1. The number of amides is 1. The van der Waals surface area contributed by atoms with Gasteiger partial charge in [-0.25, -0.2) is 0 Å². The van der Waals surface area contributed by atoms with E-state index in [2.05, 4.69) is 5.32 Å². The molecule has 0 fully saturated rings. The average molecular weight is 354 g/mol. The number of hydrogen-bond donors (Lipinski definition) is 2. The Morgan fingerprint density at radius 1 is 1.22 bits per heavy atom. The number of aliphatic hydroxyl groups is 1. The molecule has 0 spiro atoms. The number of nitrogens with one attached hydrogen (secondary N) is 1. The molecule has 0 saturated carbocycles. The van der Waals surface area contributed by atoms with Crippen LogP contribution in [0.1, 0.15) is 15.9 Å². The van der Waals surface area contributed by atoms with Crippen LogP contribution >= 0.6 is 23.2 Å². The lowest BCUT2D eigenvalue weighted by Crippen LogP contribution is -2.35. The van der Waals surface area contributed by atoms with E-state index in [1.54, 1.807) is 12.1 Å². The van der Waals surface area contributed by atoms with Crippen molar-refractivity contribution < 1.29 is 14.6 Å². The summed E-state index contributed by atoms with van der Waals surface area (Å²) in [5.41, 5.74) is 1.37. The van der Waals surface area contributed by atoms with Gasteiger partial charge in [0.05, 0.1) is 10.0 Å². The zero-order valence-corrected chi connectivity index (χ0v) is 14.1. The third-order valence-electron chi connectivity index (χ3n) is 3.20. The van der Waals surface area contributed by atoms with E-state index in [-0.39, 0.29) is 19.1 Å². The molecule has 23 heavy (non-hydrogen) atoms. The van der Waals surface area contributed by atoms with Gasteiger partial charge in [0.2, 0.25) is 0 Å². The molecule has 2 rings (SSSR count). The molecule has 2 aromatic rings. The maximum atomic E-state index is 12.0. The molecule has 0 aliphatic rings. The minimum atomic E-state index is -0.818. The van der Waals surface area contributed by atoms with Crippen molar-refractivity contribution in [2.45, 2.75) is 13.0 Å². The summed E-state index contributed by atoms with van der Waals surface area (Å²) < 4.78 is 5.53. The van der Waals surface area contributed by atoms with Crippen molar-refractivity contribution in [2.75, 3.05) is 13.2 Å². The van der Waals surface area contributed by atoms with Crippen LogP contribution in [0.3, 0.4) is 0 Å². The van der Waals surface area contributed by atoms with Crippen molar-refractivity contribution in [3.05, 3.63) is 63.6 Å². The van der Waals surface area contributed by atoms with E-state index in [0.717, 1.165) is 5.56 Å². The maximum Gasteiger partial charge on any atom is 0.251 e. The molecule has 1 atom stereocenters. The summed E-state index contributed by atoms with van der Waals surface area (Å²) in [7, 11) is 0. The highest BCUT2D eigenvalue weighted by Gasteiger charge is 2.11. The molecule has 122 valence electrons. The second-order valence-electron chi connectivity index (χ2n) is 5.07. The van der Waals surface area contributed by atoms with Crippen LogP contribution in [0.5, 0.6) is 5.75 Å². The van der Waals surface area contributed by atoms with Gasteiger partial charge in [0.25, 0.3) is 5.91 Å². The van der Waals surface area contributed by atoms with Gasteiger partial charge < -0.3 is 15.2 Å². The molecule has 0 saturated heterocycles. The lowest BCUT2D eigenvalue weighted by atomic mass is 10.2. The smallest absolute Gasteiger partial charge is 0.251 e. The van der Waals surface area contributed by atoms with Crippen LogP contribution in [0.15, 0.2) is 42.5 Å². The van der Waals surface area contributed by atoms with Crippen molar-refractivity contribution in [3.8, 4) is 5.75 Å². The Balaban J connectivity index is 1.82. The second kappa shape index (κ2) is 8.20. The molecule has 1 unspecified atom stereocenters. The van der Waals surface area contributed by atoms with Gasteiger partial charge in [0.1, 0.15) is 18.5 Å². The van der Waals surface area contributed by atoms with E-state index in [1.807, 2.05) is 31.2 Å². The number of halogens is 2. The molecule has 2 N–H and O–H groups in total. The molecular formula is C17H17Cl2NO3. The van der Waals surface area contributed by atoms with Crippen LogP contribution in [-0.4, -0.2) is 30.3 Å². The Morgan fingerprint density at radius 2 is 1.96 bits per heavy atom. The summed E-state index contributed by atoms with van der Waals surface area (Å²) >= 11 is 11.7. The van der Waals surface area contributed by atoms with E-state index in [1.165, 1.54) is 6.07 Å². The summed E-state index contributed by atoms with van der Waals surface area (Å²) in [6, 6.07) is 12.1. The lowest BCUT2D eigenvalue weighted by molar-refractivity contribution is 0.0842. The highest BCUT2D eigenvalue weighted by atomic mass is 35.5. The largest absolute Gasteiger partial charge is 0.491 e. The average Bonchev–Trinajstić information content (AvgIpc) is 2.54. The Kier molecular flexibility index (Phi) is 6.28. The van der Waals surface area contributed by atoms with Crippen molar-refractivity contribution in [3.63, 3.8) is 0 Å². The summed E-state index contributed by atoms with van der Waals surface area (Å²) in [4.78, 5) is 12.0. The molecule has 0 aliphatic heterocycles. The molecule has 1 amide bonds. The summed E-state index contributed by atoms with van der Waals surface area (Å²) in [5.74, 6) is 0.376. The van der Waals surface area contributed by atoms with Crippen LogP contribution in [0.2, 0.25) is 10.0 Å². The quantitative estimate of drug-likeness (QED) is 0.835. The van der Waals surface area contributed by atoms with Crippen LogP contribution < -0.4 is 10.1 Å². The Labute approximate surface area is 145 Å². The molecule has 2 aromatic carbocycles. The minimum absolute atomic E-state index is 0.0744. The van der Waals surface area contributed by atoms with E-state index >= 15 is 0 Å². The van der Waals surface area contributed by atoms with E-state index in [9.17, 15) is 9.90 Å². The van der Waals surface area contributed by atoms with Gasteiger partial charge in [0.15, 0.2) is 0 Å². The van der Waals surface area contributed by atoms with Gasteiger partial charge in [-0.3, -0.25) is 4.79 Å². The number of para-hydroxylation sites is 1. The van der Waals surface area contributed by atoms with Crippen LogP contribution in [-0.2, 0) is 0 Å². The highest BCUT2D eigenvalue weighted by Crippen LogP contribution is 2.22. The molecule has 0 heterocycles. The van der Waals surface area contributed by atoms with Gasteiger partial charge in [0, 0.05) is 12.1 Å². The Morgan fingerprint density at radius 3 is 2.65 bits per heavy atom. The number of aliphatic hydroxyl groups excluding tert-OH is 1. The minimum Gasteiger partial charge on any atom is -0.491 e. The highest BCUT2D eigenvalue weighted by molar-refractivity contribution is 6.42. The standard InChI is InChI=1S/C17H17Cl2NO3/c1-11-4-2-3-5-16(11)23-10-13(21)9-20-17(22)12-6-7-14(18)15(19)8-12/h2-8,13,21H,9-10H2,1H3,(H,20,22). The first kappa shape index (κ1) is 17.6. The monoisotopic (exact) mass is 353 g/mol. The van der Waals surface area contributed by atoms with E-state index < -0.39 is 6.10 Å². The van der Waals surface area contributed by atoms with Gasteiger partial charge in [-0.15, -0.1) is 0 Å². The summed E-state index contributed by atoms with van der Waals surface area (Å²) in [6.45, 7) is 2.09. The fraction of sp³-hybridized carbons (Fsp3) is 0.235. The number of benzene rings is 2. The maximum absolute atomic E-state index is 12.0. The van der Waals surface area contributed by atoms with Crippen molar-refractivity contribution >= 4 is 29.1 Å². The first-order chi connectivity index (χ1) is 11.0. The van der Waals surface area contributed by atoms with Gasteiger partial charge in [-0.1, -0.05) is 41.4 Å². The first-order valence-electron chi connectivity index (χ1n) is 7.07. The number of rotatable bonds is 6. The fourth-order valence-corrected chi connectivity index (χ4v) is 2.21. The third kappa shape index (κ3) is 5.13. The number of hydrogen-bond acceptors (Lipinski definition) is 3. The number of carbonyl (C=O) groups excluding carboxylic acids is 1. The molecule has 6 heteroatoms. The predicted octanol–water partition coefficient (Wildman–Crippen LogP) is 3.47. The third-order valence-corrected chi connectivity index (χ3v) is 3.94. The van der Waals surface area contributed by atoms with Crippen LogP contribution in [0.25, 0.3) is 0 Å². The second-order valence-corrected chi connectivity index (χ2v) is 5.88. The number of ether oxygens (including phenoxy) is 1. The molecule has 0 bridgehead atoms. The Bertz CT molecular complexity index is 691. The molecule has 4 nitrogen and oxygen atoms in total. The van der Waals surface area contributed by atoms with Crippen LogP contribution in [0, 0.1) is 6.92 Å². The summed E-state index contributed by atoms with van der Waals surface area (Å²) in [5, 5.41) is 13.2. The van der Waals surface area contributed by atoms with Crippen molar-refractivity contribution in [2.24, 2.45) is 0 Å².